The molecule has 1 aliphatic rings. The number of hydrogen-bond acceptors (Lipinski definition) is 6. The first-order valence-electron chi connectivity index (χ1n) is 10.3. The Morgan fingerprint density at radius 2 is 1.77 bits per heavy atom. The second-order valence-electron chi connectivity index (χ2n) is 7.89. The average Bonchev–Trinajstić information content (AvgIpc) is 3.14. The normalized spacial score (nSPS) is 15.5. The highest BCUT2D eigenvalue weighted by Crippen LogP contribution is 2.29. The van der Waals surface area contributed by atoms with Gasteiger partial charge in [0.25, 0.3) is 0 Å². The Hall–Kier alpha value is -3.45. The van der Waals surface area contributed by atoms with E-state index in [-0.39, 0.29) is 0 Å². The molecule has 4 aromatic rings. The first kappa shape index (κ1) is 18.6. The Bertz CT molecular complexity index is 1150. The van der Waals surface area contributed by atoms with Gasteiger partial charge < -0.3 is 16.0 Å². The molecule has 0 bridgehead atoms. The highest BCUT2D eigenvalue weighted by molar-refractivity contribution is 5.88. The Morgan fingerprint density at radius 3 is 2.57 bits per heavy atom. The molecule has 30 heavy (non-hydrogen) atoms. The number of likely N-dealkylation sites (tertiary alicyclic amines) is 1. The van der Waals surface area contributed by atoms with Crippen molar-refractivity contribution in [2.24, 2.45) is 0 Å². The van der Waals surface area contributed by atoms with Gasteiger partial charge in [-0.05, 0) is 68.0 Å². The summed E-state index contributed by atoms with van der Waals surface area (Å²) in [6, 6.07) is 18.6. The minimum absolute atomic E-state index is 0.296. The molecule has 5 rings (SSSR count). The summed E-state index contributed by atoms with van der Waals surface area (Å²) in [5.74, 6) is 2.06. The predicted octanol–water partition coefficient (Wildman–Crippen LogP) is 3.95. The Kier molecular flexibility index (Phi) is 4.80. The Labute approximate surface area is 175 Å². The van der Waals surface area contributed by atoms with Gasteiger partial charge in [0, 0.05) is 17.3 Å². The molecular formula is C23H25N7. The molecule has 7 nitrogen and oxygen atoms in total. The van der Waals surface area contributed by atoms with Crippen molar-refractivity contribution in [3.05, 3.63) is 66.4 Å². The maximum atomic E-state index is 6.16. The van der Waals surface area contributed by atoms with Crippen LogP contribution < -0.4 is 11.1 Å². The van der Waals surface area contributed by atoms with Crippen LogP contribution >= 0.6 is 0 Å². The summed E-state index contributed by atoms with van der Waals surface area (Å²) >= 11 is 0. The molecular weight excluding hydrogens is 374 g/mol. The summed E-state index contributed by atoms with van der Waals surface area (Å²) in [5.41, 5.74) is 8.49. The molecule has 152 valence electrons. The number of anilines is 3. The third-order valence-corrected chi connectivity index (χ3v) is 5.84. The van der Waals surface area contributed by atoms with E-state index in [1.54, 1.807) is 10.9 Å². The topological polar surface area (TPSA) is 84.9 Å². The quantitative estimate of drug-likeness (QED) is 0.540. The van der Waals surface area contributed by atoms with Crippen molar-refractivity contribution >= 4 is 28.4 Å². The molecule has 0 spiro atoms. The molecule has 1 aliphatic heterocycles. The van der Waals surface area contributed by atoms with E-state index in [1.165, 1.54) is 18.4 Å². The average molecular weight is 400 g/mol. The van der Waals surface area contributed by atoms with E-state index in [2.05, 4.69) is 56.6 Å². The van der Waals surface area contributed by atoms with E-state index in [0.29, 0.717) is 23.6 Å². The van der Waals surface area contributed by atoms with E-state index in [4.69, 9.17) is 5.73 Å². The van der Waals surface area contributed by atoms with Crippen LogP contribution in [0.15, 0.2) is 60.8 Å². The van der Waals surface area contributed by atoms with Crippen molar-refractivity contribution in [3.8, 4) is 5.82 Å². The zero-order valence-electron chi connectivity index (χ0n) is 17.0. The van der Waals surface area contributed by atoms with Crippen molar-refractivity contribution in [3.63, 3.8) is 0 Å². The van der Waals surface area contributed by atoms with Crippen LogP contribution in [-0.4, -0.2) is 44.8 Å². The van der Waals surface area contributed by atoms with E-state index in [0.717, 1.165) is 29.5 Å². The molecule has 7 heteroatoms. The molecule has 2 aromatic heterocycles. The fourth-order valence-corrected chi connectivity index (χ4v) is 4.12. The van der Waals surface area contributed by atoms with Gasteiger partial charge in [0.15, 0.2) is 5.82 Å². The monoisotopic (exact) mass is 399 g/mol. The number of rotatable bonds is 4. The van der Waals surface area contributed by atoms with Gasteiger partial charge in [-0.25, -0.2) is 4.98 Å². The van der Waals surface area contributed by atoms with Gasteiger partial charge in [-0.15, -0.1) is 5.10 Å². The molecule has 1 fully saturated rings. The van der Waals surface area contributed by atoms with E-state index in [9.17, 15) is 0 Å². The molecule has 0 atom stereocenters. The minimum atomic E-state index is 0.296. The van der Waals surface area contributed by atoms with Gasteiger partial charge in [-0.1, -0.05) is 36.4 Å². The van der Waals surface area contributed by atoms with Gasteiger partial charge in [0.1, 0.15) is 0 Å². The lowest BCUT2D eigenvalue weighted by molar-refractivity contribution is 0.255. The largest absolute Gasteiger partial charge is 0.368 e. The van der Waals surface area contributed by atoms with Gasteiger partial charge in [-0.3, -0.25) is 0 Å². The third-order valence-electron chi connectivity index (χ3n) is 5.84. The minimum Gasteiger partial charge on any atom is -0.368 e. The number of nitrogen functional groups attached to an aromatic ring is 1. The van der Waals surface area contributed by atoms with Crippen molar-refractivity contribution in [1.29, 1.82) is 0 Å². The molecule has 2 aromatic carbocycles. The maximum Gasteiger partial charge on any atom is 0.248 e. The van der Waals surface area contributed by atoms with Crippen LogP contribution in [0.3, 0.4) is 0 Å². The van der Waals surface area contributed by atoms with Crippen LogP contribution in [0.2, 0.25) is 0 Å². The molecule has 0 amide bonds. The van der Waals surface area contributed by atoms with Crippen LogP contribution in [0.4, 0.5) is 17.6 Å². The molecule has 3 N–H and O–H groups in total. The maximum absolute atomic E-state index is 6.16. The summed E-state index contributed by atoms with van der Waals surface area (Å²) in [5, 5.41) is 9.87. The fraction of sp³-hybridized carbons (Fsp3) is 0.261. The summed E-state index contributed by atoms with van der Waals surface area (Å²) in [6.45, 7) is 2.32. The lowest BCUT2D eigenvalue weighted by atomic mass is 9.89. The molecule has 0 saturated carbocycles. The first-order valence-corrected chi connectivity index (χ1v) is 10.3. The fourth-order valence-electron chi connectivity index (χ4n) is 4.12. The lowest BCUT2D eigenvalue weighted by Gasteiger charge is -2.29. The number of nitrogens with two attached hydrogens (primary N) is 1. The second-order valence-corrected chi connectivity index (χ2v) is 7.89. The summed E-state index contributed by atoms with van der Waals surface area (Å²) in [4.78, 5) is 11.3. The highest BCUT2D eigenvalue weighted by Gasteiger charge is 2.18. The zero-order chi connectivity index (χ0) is 20.5. The number of hydrogen-bond donors (Lipinski definition) is 2. The number of nitrogens with zero attached hydrogens (tertiary/aromatic N) is 5. The summed E-state index contributed by atoms with van der Waals surface area (Å²) < 4.78 is 1.58. The van der Waals surface area contributed by atoms with Crippen molar-refractivity contribution in [1.82, 2.24) is 24.6 Å². The molecule has 0 aliphatic carbocycles. The van der Waals surface area contributed by atoms with E-state index < -0.39 is 0 Å². The van der Waals surface area contributed by atoms with Gasteiger partial charge in [-0.2, -0.15) is 9.67 Å². The van der Waals surface area contributed by atoms with Crippen LogP contribution in [0.5, 0.6) is 0 Å². The third kappa shape index (κ3) is 3.59. The standard InChI is InChI=1S/C23H25N7/c1-29-14-11-17(12-15-29)16-6-8-19(9-7-16)26-23-27-22(24)30(28-23)21-20-5-3-2-4-18(20)10-13-25-21/h2-10,13,17H,11-12,14-15H2,1H3,(H3,24,26,27,28). The van der Waals surface area contributed by atoms with Gasteiger partial charge in [0.05, 0.1) is 0 Å². The summed E-state index contributed by atoms with van der Waals surface area (Å²) in [7, 11) is 2.19. The Balaban J connectivity index is 1.36. The molecule has 0 radical (unpaired) electrons. The number of benzene rings is 2. The summed E-state index contributed by atoms with van der Waals surface area (Å²) in [6.07, 6.45) is 4.18. The van der Waals surface area contributed by atoms with Gasteiger partial charge >= 0.3 is 0 Å². The van der Waals surface area contributed by atoms with Crippen LogP contribution in [0, 0.1) is 0 Å². The second kappa shape index (κ2) is 7.76. The Morgan fingerprint density at radius 1 is 1.00 bits per heavy atom. The van der Waals surface area contributed by atoms with Gasteiger partial charge in [0.2, 0.25) is 11.9 Å². The molecule has 0 unspecified atom stereocenters. The highest BCUT2D eigenvalue weighted by atomic mass is 15.4. The van der Waals surface area contributed by atoms with Crippen LogP contribution in [0.25, 0.3) is 16.6 Å². The van der Waals surface area contributed by atoms with E-state index >= 15 is 0 Å². The molecule has 1 saturated heterocycles. The number of aromatic nitrogens is 4. The van der Waals surface area contributed by atoms with Crippen LogP contribution in [-0.2, 0) is 0 Å². The SMILES string of the molecule is CN1CCC(c2ccc(Nc3nc(N)n(-c4nccc5ccccc45)n3)cc2)CC1. The predicted molar refractivity (Wildman–Crippen MR) is 120 cm³/mol. The number of nitrogens with one attached hydrogen (secondary N) is 1. The number of pyridine rings is 1. The van der Waals surface area contributed by atoms with Crippen molar-refractivity contribution in [2.45, 2.75) is 18.8 Å². The zero-order valence-corrected chi connectivity index (χ0v) is 17.0. The molecule has 3 heterocycles. The first-order chi connectivity index (χ1) is 14.7. The van der Waals surface area contributed by atoms with Crippen molar-refractivity contribution < 1.29 is 0 Å². The van der Waals surface area contributed by atoms with E-state index in [1.807, 2.05) is 30.3 Å². The van der Waals surface area contributed by atoms with Crippen molar-refractivity contribution in [2.75, 3.05) is 31.2 Å². The lowest BCUT2D eigenvalue weighted by Crippen LogP contribution is -2.29. The van der Waals surface area contributed by atoms with Crippen LogP contribution in [0.1, 0.15) is 24.3 Å². The number of piperidine rings is 1. The number of fused-ring (bicyclic) bond motifs is 1. The smallest absolute Gasteiger partial charge is 0.248 e.